The summed E-state index contributed by atoms with van der Waals surface area (Å²) in [6.07, 6.45) is 2.85. The lowest BCUT2D eigenvalue weighted by molar-refractivity contribution is -0.122. The Bertz CT molecular complexity index is 219. The number of carbonyl (C=O) groups is 2. The fourth-order valence-corrected chi connectivity index (χ4v) is 1.32. The van der Waals surface area contributed by atoms with Crippen molar-refractivity contribution in [1.82, 2.24) is 4.90 Å². The van der Waals surface area contributed by atoms with Gasteiger partial charge in [-0.3, -0.25) is 9.69 Å². The van der Waals surface area contributed by atoms with Crippen molar-refractivity contribution in [3.05, 3.63) is 0 Å². The van der Waals surface area contributed by atoms with Crippen molar-refractivity contribution in [2.75, 3.05) is 6.54 Å². The number of primary amides is 1. The lowest BCUT2D eigenvalue weighted by atomic mass is 10.2. The maximum absolute atomic E-state index is 10.9. The van der Waals surface area contributed by atoms with Gasteiger partial charge < -0.3 is 10.8 Å². The largest absolute Gasteiger partial charge is 0.465 e. The van der Waals surface area contributed by atoms with Crippen molar-refractivity contribution in [3.63, 3.8) is 0 Å². The summed E-state index contributed by atoms with van der Waals surface area (Å²) in [6.45, 7) is 3.97. The summed E-state index contributed by atoms with van der Waals surface area (Å²) in [5, 5.41) is 8.87. The Balaban J connectivity index is 4.05. The van der Waals surface area contributed by atoms with Crippen molar-refractivity contribution < 1.29 is 14.7 Å². The predicted octanol–water partition coefficient (Wildman–Crippen LogP) is 1.42. The molecule has 0 bridgehead atoms. The first-order valence-electron chi connectivity index (χ1n) is 5.29. The zero-order valence-electron chi connectivity index (χ0n) is 9.40. The highest BCUT2D eigenvalue weighted by atomic mass is 16.4. The predicted molar refractivity (Wildman–Crippen MR) is 57.5 cm³/mol. The molecule has 3 N–H and O–H groups in total. The molecule has 1 atom stereocenters. The zero-order valence-corrected chi connectivity index (χ0v) is 9.40. The minimum absolute atomic E-state index is 0.374. The van der Waals surface area contributed by atoms with Gasteiger partial charge in [0.05, 0.1) is 0 Å². The zero-order chi connectivity index (χ0) is 11.8. The lowest BCUT2D eigenvalue weighted by Crippen LogP contribution is -2.45. The molecule has 0 aliphatic carbocycles. The minimum Gasteiger partial charge on any atom is -0.465 e. The van der Waals surface area contributed by atoms with Crippen LogP contribution in [0.2, 0.25) is 0 Å². The molecule has 5 nitrogen and oxygen atoms in total. The molecule has 0 aromatic carbocycles. The van der Waals surface area contributed by atoms with Crippen molar-refractivity contribution in [3.8, 4) is 0 Å². The number of amides is 2. The van der Waals surface area contributed by atoms with Crippen LogP contribution in [0.15, 0.2) is 0 Å². The van der Waals surface area contributed by atoms with Gasteiger partial charge in [0.2, 0.25) is 5.91 Å². The van der Waals surface area contributed by atoms with Gasteiger partial charge in [0.15, 0.2) is 0 Å². The summed E-state index contributed by atoms with van der Waals surface area (Å²) in [6, 6.07) is -0.746. The number of carbonyl (C=O) groups excluding carboxylic acids is 1. The van der Waals surface area contributed by atoms with Gasteiger partial charge in [-0.05, 0) is 13.3 Å². The van der Waals surface area contributed by atoms with Gasteiger partial charge in [-0.15, -0.1) is 0 Å². The number of nitrogens with two attached hydrogens (primary N) is 1. The summed E-state index contributed by atoms with van der Waals surface area (Å²) < 4.78 is 0. The first-order valence-corrected chi connectivity index (χ1v) is 5.29. The van der Waals surface area contributed by atoms with E-state index in [0.717, 1.165) is 30.6 Å². The average molecular weight is 216 g/mol. The summed E-state index contributed by atoms with van der Waals surface area (Å²) in [7, 11) is 0. The Morgan fingerprint density at radius 1 is 1.33 bits per heavy atom. The number of carboxylic acid groups (broad SMARTS) is 1. The fraction of sp³-hybridized carbons (Fsp3) is 0.800. The standard InChI is InChI=1S/C10H20N2O3/c1-3-4-5-6-7-12(10(14)15)8(2)9(11)13/h8H,3-7H2,1-2H3,(H2,11,13)(H,14,15). The van der Waals surface area contributed by atoms with E-state index in [1.54, 1.807) is 0 Å². The summed E-state index contributed by atoms with van der Waals surface area (Å²) in [5.41, 5.74) is 5.06. The topological polar surface area (TPSA) is 83.6 Å². The molecule has 0 rings (SSSR count). The summed E-state index contributed by atoms with van der Waals surface area (Å²) in [4.78, 5) is 22.8. The van der Waals surface area contributed by atoms with Crippen LogP contribution in [0.1, 0.15) is 39.5 Å². The number of hydrogen-bond acceptors (Lipinski definition) is 2. The molecule has 0 aromatic rings. The molecule has 0 aliphatic rings. The molecule has 0 aromatic heterocycles. The van der Waals surface area contributed by atoms with Crippen LogP contribution in [0.25, 0.3) is 0 Å². The number of rotatable bonds is 7. The van der Waals surface area contributed by atoms with E-state index >= 15 is 0 Å². The highest BCUT2D eigenvalue weighted by Crippen LogP contribution is 2.05. The number of unbranched alkanes of at least 4 members (excludes halogenated alkanes) is 3. The second kappa shape index (κ2) is 7.09. The third-order valence-corrected chi connectivity index (χ3v) is 2.38. The van der Waals surface area contributed by atoms with E-state index in [2.05, 4.69) is 6.92 Å². The van der Waals surface area contributed by atoms with Gasteiger partial charge in [-0.2, -0.15) is 0 Å². The van der Waals surface area contributed by atoms with E-state index in [-0.39, 0.29) is 0 Å². The molecule has 0 heterocycles. The molecule has 1 unspecified atom stereocenters. The molecule has 0 fully saturated rings. The van der Waals surface area contributed by atoms with Crippen LogP contribution in [0.4, 0.5) is 4.79 Å². The second-order valence-corrected chi connectivity index (χ2v) is 3.61. The number of hydrogen-bond donors (Lipinski definition) is 2. The summed E-state index contributed by atoms with van der Waals surface area (Å²) >= 11 is 0. The molecule has 5 heteroatoms. The maximum Gasteiger partial charge on any atom is 0.407 e. The Labute approximate surface area is 90.2 Å². The molecule has 88 valence electrons. The Morgan fingerprint density at radius 2 is 1.93 bits per heavy atom. The summed E-state index contributed by atoms with van der Waals surface area (Å²) in [5.74, 6) is -0.604. The number of nitrogens with zero attached hydrogens (tertiary/aromatic N) is 1. The van der Waals surface area contributed by atoms with E-state index in [4.69, 9.17) is 10.8 Å². The highest BCUT2D eigenvalue weighted by molar-refractivity contribution is 5.83. The smallest absolute Gasteiger partial charge is 0.407 e. The third-order valence-electron chi connectivity index (χ3n) is 2.38. The molecule has 0 spiro atoms. The fourth-order valence-electron chi connectivity index (χ4n) is 1.32. The van der Waals surface area contributed by atoms with Crippen molar-refractivity contribution >= 4 is 12.0 Å². The molecule has 2 amide bonds. The average Bonchev–Trinajstić information content (AvgIpc) is 2.16. The Kier molecular flexibility index (Phi) is 6.49. The SMILES string of the molecule is CCCCCCN(C(=O)O)C(C)C(N)=O. The quantitative estimate of drug-likeness (QED) is 0.631. The van der Waals surface area contributed by atoms with E-state index in [0.29, 0.717) is 6.54 Å². The second-order valence-electron chi connectivity index (χ2n) is 3.61. The van der Waals surface area contributed by atoms with Crippen LogP contribution < -0.4 is 5.73 Å². The van der Waals surface area contributed by atoms with Crippen molar-refractivity contribution in [2.24, 2.45) is 5.73 Å². The van der Waals surface area contributed by atoms with Crippen molar-refractivity contribution in [2.45, 2.75) is 45.6 Å². The molecule has 15 heavy (non-hydrogen) atoms. The maximum atomic E-state index is 10.9. The first kappa shape index (κ1) is 13.7. The van der Waals surface area contributed by atoms with Crippen LogP contribution in [0.5, 0.6) is 0 Å². The van der Waals surface area contributed by atoms with Gasteiger partial charge in [0.25, 0.3) is 0 Å². The molecule has 0 saturated carbocycles. The minimum atomic E-state index is -1.09. The van der Waals surface area contributed by atoms with E-state index < -0.39 is 18.0 Å². The third kappa shape index (κ3) is 5.24. The van der Waals surface area contributed by atoms with Crippen molar-refractivity contribution in [1.29, 1.82) is 0 Å². The molecular formula is C10H20N2O3. The van der Waals surface area contributed by atoms with E-state index in [1.165, 1.54) is 6.92 Å². The van der Waals surface area contributed by atoms with Crippen LogP contribution in [0, 0.1) is 0 Å². The Hall–Kier alpha value is -1.26. The lowest BCUT2D eigenvalue weighted by Gasteiger charge is -2.23. The monoisotopic (exact) mass is 216 g/mol. The normalized spacial score (nSPS) is 12.1. The van der Waals surface area contributed by atoms with Crippen LogP contribution in [0.3, 0.4) is 0 Å². The molecule has 0 radical (unpaired) electrons. The van der Waals surface area contributed by atoms with E-state index in [9.17, 15) is 9.59 Å². The molecule has 0 aliphatic heterocycles. The molecular weight excluding hydrogens is 196 g/mol. The van der Waals surface area contributed by atoms with Gasteiger partial charge in [0.1, 0.15) is 6.04 Å². The van der Waals surface area contributed by atoms with Gasteiger partial charge >= 0.3 is 6.09 Å². The van der Waals surface area contributed by atoms with Crippen LogP contribution in [-0.2, 0) is 4.79 Å². The van der Waals surface area contributed by atoms with Crippen LogP contribution in [-0.4, -0.2) is 34.6 Å². The van der Waals surface area contributed by atoms with Gasteiger partial charge in [0, 0.05) is 6.54 Å². The van der Waals surface area contributed by atoms with Gasteiger partial charge in [-0.25, -0.2) is 4.79 Å². The first-order chi connectivity index (χ1) is 7.00. The van der Waals surface area contributed by atoms with Crippen LogP contribution >= 0.6 is 0 Å². The highest BCUT2D eigenvalue weighted by Gasteiger charge is 2.22. The Morgan fingerprint density at radius 3 is 2.33 bits per heavy atom. The molecule has 0 saturated heterocycles. The van der Waals surface area contributed by atoms with Gasteiger partial charge in [-0.1, -0.05) is 26.2 Å². The van der Waals surface area contributed by atoms with E-state index in [1.807, 2.05) is 0 Å².